The molecule has 0 radical (unpaired) electrons. The highest BCUT2D eigenvalue weighted by molar-refractivity contribution is 7.89. The minimum atomic E-state index is -3.85. The van der Waals surface area contributed by atoms with Crippen LogP contribution < -0.4 is 10.5 Å². The highest BCUT2D eigenvalue weighted by Crippen LogP contribution is 2.24. The monoisotopic (exact) mass is 348 g/mol. The summed E-state index contributed by atoms with van der Waals surface area (Å²) in [7, 11) is -2.27. The Bertz CT molecular complexity index is 876. The van der Waals surface area contributed by atoms with Gasteiger partial charge in [0.05, 0.1) is 11.5 Å². The lowest BCUT2D eigenvalue weighted by Gasteiger charge is -2.13. The van der Waals surface area contributed by atoms with Crippen molar-refractivity contribution in [2.45, 2.75) is 25.3 Å². The number of ether oxygens (including phenoxy) is 1. The average molecular weight is 348 g/mol. The minimum Gasteiger partial charge on any atom is -0.380 e. The second-order valence-corrected chi connectivity index (χ2v) is 7.11. The molecule has 0 atom stereocenters. The number of hydrogen-bond donors (Lipinski definition) is 2. The Balaban J connectivity index is 2.35. The van der Waals surface area contributed by atoms with Gasteiger partial charge in [-0.3, -0.25) is 4.79 Å². The van der Waals surface area contributed by atoms with Crippen molar-refractivity contribution in [3.05, 3.63) is 58.7 Å². The zero-order valence-corrected chi connectivity index (χ0v) is 14.6. The number of methoxy groups -OCH3 is 1. The molecule has 0 fully saturated rings. The van der Waals surface area contributed by atoms with E-state index in [9.17, 15) is 13.2 Å². The van der Waals surface area contributed by atoms with Crippen LogP contribution in [0.15, 0.2) is 41.3 Å². The van der Waals surface area contributed by atoms with Crippen LogP contribution >= 0.6 is 0 Å². The van der Waals surface area contributed by atoms with Crippen molar-refractivity contribution in [3.63, 3.8) is 0 Å². The summed E-state index contributed by atoms with van der Waals surface area (Å²) in [5.41, 5.74) is 3.26. The molecule has 0 aromatic heterocycles. The van der Waals surface area contributed by atoms with Gasteiger partial charge >= 0.3 is 0 Å². The first-order valence-electron chi connectivity index (χ1n) is 7.25. The molecule has 128 valence electrons. The van der Waals surface area contributed by atoms with Crippen LogP contribution in [-0.2, 0) is 21.4 Å². The number of benzene rings is 2. The van der Waals surface area contributed by atoms with E-state index in [4.69, 9.17) is 9.88 Å². The third-order valence-electron chi connectivity index (χ3n) is 3.72. The Morgan fingerprint density at radius 1 is 1.21 bits per heavy atom. The molecular formula is C17H20N2O4S. The topological polar surface area (TPSA) is 98.5 Å². The molecular weight excluding hydrogens is 328 g/mol. The fourth-order valence-electron chi connectivity index (χ4n) is 2.28. The van der Waals surface area contributed by atoms with Crippen molar-refractivity contribution in [1.82, 2.24) is 0 Å². The number of rotatable bonds is 5. The van der Waals surface area contributed by atoms with Crippen molar-refractivity contribution in [3.8, 4) is 0 Å². The summed E-state index contributed by atoms with van der Waals surface area (Å²) in [5, 5.41) is 7.93. The van der Waals surface area contributed by atoms with Crippen LogP contribution in [0.5, 0.6) is 0 Å². The predicted octanol–water partition coefficient (Wildman–Crippen LogP) is 2.35. The molecule has 2 rings (SSSR count). The van der Waals surface area contributed by atoms with Gasteiger partial charge in [0.2, 0.25) is 10.0 Å². The molecule has 0 aliphatic heterocycles. The van der Waals surface area contributed by atoms with Crippen molar-refractivity contribution >= 4 is 21.6 Å². The fraction of sp³-hybridized carbons (Fsp3) is 0.235. The summed E-state index contributed by atoms with van der Waals surface area (Å²) in [5.74, 6) is -0.331. The van der Waals surface area contributed by atoms with Crippen molar-refractivity contribution < 1.29 is 17.9 Å². The summed E-state index contributed by atoms with van der Waals surface area (Å²) in [6.07, 6.45) is 0. The van der Waals surface area contributed by atoms with Gasteiger partial charge in [0.15, 0.2) is 0 Å². The van der Waals surface area contributed by atoms with Crippen LogP contribution in [0.1, 0.15) is 27.0 Å². The first kappa shape index (κ1) is 18.1. The second kappa shape index (κ2) is 7.12. The standard InChI is InChI=1S/C17H20N2O4S/c1-11-7-15(24(18,21)22)9-16(12(11)2)19-17(20)14-6-4-5-13(8-14)10-23-3/h4-9H,10H2,1-3H3,(H,19,20)(H2,18,21,22). The number of carbonyl (C=O) groups excluding carboxylic acids is 1. The lowest BCUT2D eigenvalue weighted by molar-refractivity contribution is 0.102. The third-order valence-corrected chi connectivity index (χ3v) is 4.61. The van der Waals surface area contributed by atoms with Crippen LogP contribution in [0, 0.1) is 13.8 Å². The van der Waals surface area contributed by atoms with Gasteiger partial charge in [-0.25, -0.2) is 13.6 Å². The number of hydrogen-bond acceptors (Lipinski definition) is 4. The van der Waals surface area contributed by atoms with E-state index in [0.717, 1.165) is 16.7 Å². The summed E-state index contributed by atoms with van der Waals surface area (Å²) < 4.78 is 28.2. The average Bonchev–Trinajstić information content (AvgIpc) is 2.51. The normalized spacial score (nSPS) is 11.3. The van der Waals surface area contributed by atoms with Gasteiger partial charge in [-0.1, -0.05) is 12.1 Å². The first-order chi connectivity index (χ1) is 11.2. The Hall–Kier alpha value is -2.22. The Kier molecular flexibility index (Phi) is 5.38. The molecule has 24 heavy (non-hydrogen) atoms. The Morgan fingerprint density at radius 2 is 1.92 bits per heavy atom. The van der Waals surface area contributed by atoms with E-state index in [2.05, 4.69) is 5.32 Å². The molecule has 0 unspecified atom stereocenters. The fourth-order valence-corrected chi connectivity index (χ4v) is 2.91. The lowest BCUT2D eigenvalue weighted by Crippen LogP contribution is -2.16. The maximum Gasteiger partial charge on any atom is 0.255 e. The van der Waals surface area contributed by atoms with Crippen molar-refractivity contribution in [1.29, 1.82) is 0 Å². The molecule has 0 saturated carbocycles. The molecule has 0 heterocycles. The number of nitrogens with two attached hydrogens (primary N) is 1. The van der Waals surface area contributed by atoms with Gasteiger partial charge in [-0.05, 0) is 54.8 Å². The summed E-state index contributed by atoms with van der Waals surface area (Å²) >= 11 is 0. The minimum absolute atomic E-state index is 0.0333. The highest BCUT2D eigenvalue weighted by Gasteiger charge is 2.15. The molecule has 0 bridgehead atoms. The molecule has 2 aromatic rings. The number of carbonyl (C=O) groups is 1. The van der Waals surface area contributed by atoms with Crippen LogP contribution in [-0.4, -0.2) is 21.4 Å². The molecule has 0 aliphatic carbocycles. The van der Waals surface area contributed by atoms with Gasteiger partial charge in [0.1, 0.15) is 0 Å². The number of sulfonamides is 1. The van der Waals surface area contributed by atoms with E-state index in [1.807, 2.05) is 6.07 Å². The van der Waals surface area contributed by atoms with Crippen molar-refractivity contribution in [2.24, 2.45) is 5.14 Å². The van der Waals surface area contributed by atoms with Crippen LogP contribution in [0.3, 0.4) is 0 Å². The van der Waals surface area contributed by atoms with Gasteiger partial charge in [-0.15, -0.1) is 0 Å². The molecule has 0 saturated heterocycles. The summed E-state index contributed by atoms with van der Waals surface area (Å²) in [6.45, 7) is 3.97. The smallest absolute Gasteiger partial charge is 0.255 e. The SMILES string of the molecule is COCc1cccc(C(=O)Nc2cc(S(N)(=O)=O)cc(C)c2C)c1. The van der Waals surface area contributed by atoms with E-state index < -0.39 is 10.0 Å². The van der Waals surface area contributed by atoms with Crippen LogP contribution in [0.4, 0.5) is 5.69 Å². The highest BCUT2D eigenvalue weighted by atomic mass is 32.2. The first-order valence-corrected chi connectivity index (χ1v) is 8.80. The maximum absolute atomic E-state index is 12.5. The zero-order chi connectivity index (χ0) is 17.9. The van der Waals surface area contributed by atoms with E-state index in [1.54, 1.807) is 39.2 Å². The molecule has 0 spiro atoms. The van der Waals surface area contributed by atoms with Crippen molar-refractivity contribution in [2.75, 3.05) is 12.4 Å². The van der Waals surface area contributed by atoms with Gasteiger partial charge in [-0.2, -0.15) is 0 Å². The predicted molar refractivity (Wildman–Crippen MR) is 92.4 cm³/mol. The van der Waals surface area contributed by atoms with Gasteiger partial charge < -0.3 is 10.1 Å². The zero-order valence-electron chi connectivity index (χ0n) is 13.8. The molecule has 1 amide bonds. The molecule has 7 heteroatoms. The number of anilines is 1. The van der Waals surface area contributed by atoms with Crippen LogP contribution in [0.2, 0.25) is 0 Å². The summed E-state index contributed by atoms with van der Waals surface area (Å²) in [6, 6.07) is 9.89. The molecule has 2 aromatic carbocycles. The van der Waals surface area contributed by atoms with Gasteiger partial charge in [0, 0.05) is 18.4 Å². The summed E-state index contributed by atoms with van der Waals surface area (Å²) in [4.78, 5) is 12.4. The number of primary sulfonamides is 1. The largest absolute Gasteiger partial charge is 0.380 e. The second-order valence-electron chi connectivity index (χ2n) is 5.55. The Morgan fingerprint density at radius 3 is 2.54 bits per heavy atom. The molecule has 0 aliphatic rings. The van der Waals surface area contributed by atoms with Gasteiger partial charge in [0.25, 0.3) is 5.91 Å². The third kappa shape index (κ3) is 4.19. The maximum atomic E-state index is 12.5. The number of amides is 1. The Labute approximate surface area is 141 Å². The van der Waals surface area contributed by atoms with E-state index >= 15 is 0 Å². The number of aryl methyl sites for hydroxylation is 1. The van der Waals surface area contributed by atoms with Crippen LogP contribution in [0.25, 0.3) is 0 Å². The van der Waals surface area contributed by atoms with E-state index in [0.29, 0.717) is 17.9 Å². The lowest BCUT2D eigenvalue weighted by atomic mass is 10.1. The number of nitrogens with one attached hydrogen (secondary N) is 1. The van der Waals surface area contributed by atoms with E-state index in [1.165, 1.54) is 12.1 Å². The quantitative estimate of drug-likeness (QED) is 0.866. The molecule has 3 N–H and O–H groups in total. The van der Waals surface area contributed by atoms with E-state index in [-0.39, 0.29) is 10.8 Å². The molecule has 6 nitrogen and oxygen atoms in total.